The molecule has 0 aliphatic heterocycles. The van der Waals surface area contributed by atoms with Gasteiger partial charge in [-0.25, -0.2) is 4.39 Å². The van der Waals surface area contributed by atoms with E-state index < -0.39 is 11.9 Å². The van der Waals surface area contributed by atoms with Gasteiger partial charge in [-0.3, -0.25) is 4.79 Å². The topological polar surface area (TPSA) is 35.5 Å². The van der Waals surface area contributed by atoms with Gasteiger partial charge in [-0.15, -0.1) is 0 Å². The molecular weight excluding hydrogens is 295 g/mol. The summed E-state index contributed by atoms with van der Waals surface area (Å²) in [5.74, 6) is -0.331. The molecule has 5 heteroatoms. The summed E-state index contributed by atoms with van der Waals surface area (Å²) in [7, 11) is 1.37. The Bertz CT molecular complexity index is 658. The molecule has 0 fully saturated rings. The number of halogens is 2. The van der Waals surface area contributed by atoms with Gasteiger partial charge in [-0.05, 0) is 43.3 Å². The second-order valence-corrected chi connectivity index (χ2v) is 4.87. The monoisotopic (exact) mass is 308 g/mol. The van der Waals surface area contributed by atoms with Gasteiger partial charge in [-0.1, -0.05) is 17.7 Å². The highest BCUT2D eigenvalue weighted by Crippen LogP contribution is 2.21. The molecule has 0 aliphatic carbocycles. The van der Waals surface area contributed by atoms with E-state index in [1.165, 1.54) is 19.2 Å². The maximum Gasteiger partial charge on any atom is 0.203 e. The van der Waals surface area contributed by atoms with Gasteiger partial charge in [0.15, 0.2) is 17.7 Å². The number of benzene rings is 2. The van der Waals surface area contributed by atoms with Crippen LogP contribution in [0.2, 0.25) is 5.02 Å². The Morgan fingerprint density at radius 3 is 2.62 bits per heavy atom. The fourth-order valence-electron chi connectivity index (χ4n) is 1.85. The van der Waals surface area contributed by atoms with Crippen molar-refractivity contribution in [3.05, 3.63) is 58.9 Å². The average molecular weight is 309 g/mol. The third kappa shape index (κ3) is 3.73. The molecule has 0 aliphatic rings. The minimum atomic E-state index is -0.753. The van der Waals surface area contributed by atoms with Crippen molar-refractivity contribution in [2.75, 3.05) is 7.11 Å². The molecule has 0 N–H and O–H groups in total. The lowest BCUT2D eigenvalue weighted by Gasteiger charge is -2.14. The quantitative estimate of drug-likeness (QED) is 0.779. The lowest BCUT2D eigenvalue weighted by atomic mass is 10.1. The van der Waals surface area contributed by atoms with Crippen LogP contribution in [0.25, 0.3) is 0 Å². The number of Topliss-reactive ketones (excluding diaryl/α,β-unsaturated/α-hetero) is 1. The maximum atomic E-state index is 13.6. The zero-order valence-electron chi connectivity index (χ0n) is 11.6. The number of carbonyl (C=O) groups excluding carboxylic acids is 1. The highest BCUT2D eigenvalue weighted by Gasteiger charge is 2.18. The Morgan fingerprint density at radius 2 is 2.00 bits per heavy atom. The van der Waals surface area contributed by atoms with Crippen LogP contribution in [-0.4, -0.2) is 19.0 Å². The van der Waals surface area contributed by atoms with Crippen LogP contribution in [0, 0.1) is 5.82 Å². The SMILES string of the molecule is COc1ccc(C(=O)C(C)Oc2cccc(Cl)c2)cc1F. The van der Waals surface area contributed by atoms with Crippen LogP contribution in [0.5, 0.6) is 11.5 Å². The summed E-state index contributed by atoms with van der Waals surface area (Å²) in [5, 5.41) is 0.516. The Balaban J connectivity index is 2.14. The lowest BCUT2D eigenvalue weighted by molar-refractivity contribution is 0.0817. The van der Waals surface area contributed by atoms with Crippen molar-refractivity contribution in [2.24, 2.45) is 0 Å². The number of ether oxygens (including phenoxy) is 2. The zero-order chi connectivity index (χ0) is 15.4. The Kier molecular flexibility index (Phi) is 4.81. The Hall–Kier alpha value is -2.07. The lowest BCUT2D eigenvalue weighted by Crippen LogP contribution is -2.24. The molecule has 2 aromatic rings. The normalized spacial score (nSPS) is 11.8. The van der Waals surface area contributed by atoms with E-state index in [0.717, 1.165) is 6.07 Å². The van der Waals surface area contributed by atoms with Crippen molar-refractivity contribution in [2.45, 2.75) is 13.0 Å². The second kappa shape index (κ2) is 6.59. The van der Waals surface area contributed by atoms with Crippen molar-refractivity contribution < 1.29 is 18.7 Å². The van der Waals surface area contributed by atoms with Crippen LogP contribution in [-0.2, 0) is 0 Å². The molecule has 0 heterocycles. The van der Waals surface area contributed by atoms with E-state index in [0.29, 0.717) is 10.8 Å². The van der Waals surface area contributed by atoms with Crippen molar-refractivity contribution in [3.8, 4) is 11.5 Å². The molecule has 0 saturated heterocycles. The summed E-state index contributed by atoms with van der Waals surface area (Å²) in [5.41, 5.74) is 0.225. The van der Waals surface area contributed by atoms with Gasteiger partial charge in [0, 0.05) is 10.6 Å². The zero-order valence-corrected chi connectivity index (χ0v) is 12.4. The van der Waals surface area contributed by atoms with E-state index >= 15 is 0 Å². The van der Waals surface area contributed by atoms with Crippen LogP contribution >= 0.6 is 11.6 Å². The van der Waals surface area contributed by atoms with E-state index in [2.05, 4.69) is 0 Å². The van der Waals surface area contributed by atoms with E-state index in [4.69, 9.17) is 21.1 Å². The van der Waals surface area contributed by atoms with Crippen LogP contribution in [0.4, 0.5) is 4.39 Å². The number of hydrogen-bond acceptors (Lipinski definition) is 3. The average Bonchev–Trinajstić information content (AvgIpc) is 2.46. The smallest absolute Gasteiger partial charge is 0.203 e. The molecule has 0 amide bonds. The van der Waals surface area contributed by atoms with Gasteiger partial charge < -0.3 is 9.47 Å². The molecule has 21 heavy (non-hydrogen) atoms. The summed E-state index contributed by atoms with van der Waals surface area (Å²) in [6.45, 7) is 1.60. The number of ketones is 1. The maximum absolute atomic E-state index is 13.6. The molecule has 0 radical (unpaired) electrons. The van der Waals surface area contributed by atoms with Gasteiger partial charge in [0.1, 0.15) is 5.75 Å². The Labute approximate surface area is 127 Å². The minimum absolute atomic E-state index is 0.0926. The van der Waals surface area contributed by atoms with Gasteiger partial charge in [0.2, 0.25) is 5.78 Å². The van der Waals surface area contributed by atoms with Gasteiger partial charge in [-0.2, -0.15) is 0 Å². The number of methoxy groups -OCH3 is 1. The molecule has 2 rings (SSSR count). The van der Waals surface area contributed by atoms with Crippen LogP contribution in [0.1, 0.15) is 17.3 Å². The highest BCUT2D eigenvalue weighted by molar-refractivity contribution is 6.30. The largest absolute Gasteiger partial charge is 0.494 e. The molecule has 1 atom stereocenters. The molecule has 0 aromatic heterocycles. The molecule has 2 aromatic carbocycles. The number of hydrogen-bond donors (Lipinski definition) is 0. The van der Waals surface area contributed by atoms with Crippen molar-refractivity contribution >= 4 is 17.4 Å². The van der Waals surface area contributed by atoms with Gasteiger partial charge in [0.05, 0.1) is 7.11 Å². The summed E-state index contributed by atoms with van der Waals surface area (Å²) < 4.78 is 24.0. The predicted octanol–water partition coefficient (Wildman–Crippen LogP) is 4.14. The van der Waals surface area contributed by atoms with Crippen LogP contribution in [0.3, 0.4) is 0 Å². The van der Waals surface area contributed by atoms with E-state index in [9.17, 15) is 9.18 Å². The van der Waals surface area contributed by atoms with Crippen molar-refractivity contribution in [1.29, 1.82) is 0 Å². The standard InChI is InChI=1S/C16H14ClFO3/c1-10(21-13-5-3-4-12(17)9-13)16(19)11-6-7-15(20-2)14(18)8-11/h3-10H,1-2H3. The van der Waals surface area contributed by atoms with Crippen LogP contribution in [0.15, 0.2) is 42.5 Å². The number of carbonyl (C=O) groups is 1. The first kappa shape index (κ1) is 15.3. The molecule has 1 unspecified atom stereocenters. The summed E-state index contributed by atoms with van der Waals surface area (Å²) >= 11 is 5.85. The Morgan fingerprint density at radius 1 is 1.24 bits per heavy atom. The highest BCUT2D eigenvalue weighted by atomic mass is 35.5. The fraction of sp³-hybridized carbons (Fsp3) is 0.188. The number of rotatable bonds is 5. The van der Waals surface area contributed by atoms with Gasteiger partial charge >= 0.3 is 0 Å². The summed E-state index contributed by atoms with van der Waals surface area (Å²) in [6, 6.07) is 10.8. The third-order valence-corrected chi connectivity index (χ3v) is 3.15. The predicted molar refractivity (Wildman–Crippen MR) is 78.8 cm³/mol. The fourth-order valence-corrected chi connectivity index (χ4v) is 2.03. The first-order chi connectivity index (χ1) is 10.0. The molecule has 0 bridgehead atoms. The summed E-state index contributed by atoms with van der Waals surface area (Å²) in [4.78, 5) is 12.2. The van der Waals surface area contributed by atoms with Gasteiger partial charge in [0.25, 0.3) is 0 Å². The molecule has 3 nitrogen and oxygen atoms in total. The van der Waals surface area contributed by atoms with E-state index in [-0.39, 0.29) is 17.1 Å². The van der Waals surface area contributed by atoms with Crippen molar-refractivity contribution in [1.82, 2.24) is 0 Å². The third-order valence-electron chi connectivity index (χ3n) is 2.91. The summed E-state index contributed by atoms with van der Waals surface area (Å²) in [6.07, 6.45) is -0.753. The van der Waals surface area contributed by atoms with E-state index in [1.54, 1.807) is 31.2 Å². The van der Waals surface area contributed by atoms with Crippen molar-refractivity contribution in [3.63, 3.8) is 0 Å². The first-order valence-corrected chi connectivity index (χ1v) is 6.69. The van der Waals surface area contributed by atoms with Crippen LogP contribution < -0.4 is 9.47 Å². The molecule has 0 saturated carbocycles. The molecular formula is C16H14ClFO3. The second-order valence-electron chi connectivity index (χ2n) is 4.43. The minimum Gasteiger partial charge on any atom is -0.494 e. The first-order valence-electron chi connectivity index (χ1n) is 6.31. The molecule has 110 valence electrons. The van der Waals surface area contributed by atoms with E-state index in [1.807, 2.05) is 0 Å². The molecule has 0 spiro atoms.